The van der Waals surface area contributed by atoms with Gasteiger partial charge in [-0.25, -0.2) is 0 Å². The van der Waals surface area contributed by atoms with Gasteiger partial charge in [0.05, 0.1) is 5.92 Å². The Balaban J connectivity index is 1.24. The summed E-state index contributed by atoms with van der Waals surface area (Å²) >= 11 is 6.05. The van der Waals surface area contributed by atoms with E-state index in [2.05, 4.69) is 47.2 Å². The van der Waals surface area contributed by atoms with Crippen molar-refractivity contribution >= 4 is 23.2 Å². The van der Waals surface area contributed by atoms with Crippen LogP contribution in [0, 0.1) is 5.92 Å². The van der Waals surface area contributed by atoms with E-state index in [-0.39, 0.29) is 23.5 Å². The van der Waals surface area contributed by atoms with Gasteiger partial charge >= 0.3 is 0 Å². The van der Waals surface area contributed by atoms with Gasteiger partial charge in [0, 0.05) is 36.4 Å². The monoisotopic (exact) mass is 495 g/mol. The van der Waals surface area contributed by atoms with Crippen LogP contribution in [0.4, 0.5) is 5.69 Å². The minimum atomic E-state index is -0.0953. The zero-order valence-electron chi connectivity index (χ0n) is 21.1. The normalized spacial score (nSPS) is 22.5. The van der Waals surface area contributed by atoms with Crippen molar-refractivity contribution in [1.82, 2.24) is 10.2 Å². The largest absolute Gasteiger partial charge is 0.488 e. The van der Waals surface area contributed by atoms with Crippen molar-refractivity contribution in [3.8, 4) is 5.75 Å². The standard InChI is InChI=1S/C29H38ClN3O2/c1-29(2)13-11-22-17-21(5-10-27(22)35-29)18-25(20-32-14-3-4-15-32)31-28(34)23-12-16-33(19-23)26-8-6-24(30)7-9-26/h5-10,17,23,25H,3-4,11-16,18-20H2,1-2H3,(H,31,34). The summed E-state index contributed by atoms with van der Waals surface area (Å²) in [5.41, 5.74) is 3.62. The zero-order chi connectivity index (χ0) is 24.4. The smallest absolute Gasteiger partial charge is 0.225 e. The highest BCUT2D eigenvalue weighted by Gasteiger charge is 2.31. The Hall–Kier alpha value is -2.24. The van der Waals surface area contributed by atoms with Gasteiger partial charge in [-0.1, -0.05) is 23.7 Å². The maximum Gasteiger partial charge on any atom is 0.225 e. The van der Waals surface area contributed by atoms with Crippen molar-refractivity contribution < 1.29 is 9.53 Å². The third-order valence-electron chi connectivity index (χ3n) is 7.76. The third kappa shape index (κ3) is 6.13. The SMILES string of the molecule is CC1(C)CCc2cc(CC(CN3CCCC3)NC(=O)C3CCN(c4ccc(Cl)cc4)C3)ccc2O1. The van der Waals surface area contributed by atoms with Crippen LogP contribution in [0.2, 0.25) is 5.02 Å². The minimum Gasteiger partial charge on any atom is -0.488 e. The summed E-state index contributed by atoms with van der Waals surface area (Å²) in [6.45, 7) is 9.15. The van der Waals surface area contributed by atoms with E-state index in [1.807, 2.05) is 24.3 Å². The molecule has 2 unspecified atom stereocenters. The average Bonchev–Trinajstić information content (AvgIpc) is 3.52. The quantitative estimate of drug-likeness (QED) is 0.581. The average molecular weight is 496 g/mol. The molecule has 0 saturated carbocycles. The van der Waals surface area contributed by atoms with E-state index >= 15 is 0 Å². The Kier molecular flexibility index (Phi) is 7.26. The maximum atomic E-state index is 13.4. The first kappa shape index (κ1) is 24.5. The zero-order valence-corrected chi connectivity index (χ0v) is 21.8. The lowest BCUT2D eigenvalue weighted by molar-refractivity contribution is -0.125. The van der Waals surface area contributed by atoms with E-state index in [0.717, 1.165) is 74.9 Å². The number of carbonyl (C=O) groups excluding carboxylic acids is 1. The molecule has 0 aromatic heterocycles. The van der Waals surface area contributed by atoms with E-state index in [1.54, 1.807) is 0 Å². The topological polar surface area (TPSA) is 44.8 Å². The molecule has 5 nitrogen and oxygen atoms in total. The van der Waals surface area contributed by atoms with Gasteiger partial charge in [0.25, 0.3) is 0 Å². The molecular formula is C29H38ClN3O2. The molecule has 35 heavy (non-hydrogen) atoms. The molecule has 1 N–H and O–H groups in total. The van der Waals surface area contributed by atoms with E-state index in [4.69, 9.17) is 16.3 Å². The minimum absolute atomic E-state index is 0.0194. The molecule has 2 aromatic carbocycles. The van der Waals surface area contributed by atoms with Crippen molar-refractivity contribution in [3.63, 3.8) is 0 Å². The molecule has 5 rings (SSSR count). The highest BCUT2D eigenvalue weighted by atomic mass is 35.5. The number of hydrogen-bond acceptors (Lipinski definition) is 4. The first-order chi connectivity index (χ1) is 16.8. The molecule has 0 spiro atoms. The molecule has 2 aromatic rings. The predicted molar refractivity (Wildman–Crippen MR) is 143 cm³/mol. The number of benzene rings is 2. The molecule has 3 heterocycles. The lowest BCUT2D eigenvalue weighted by Crippen LogP contribution is -2.47. The summed E-state index contributed by atoms with van der Waals surface area (Å²) < 4.78 is 6.18. The molecular weight excluding hydrogens is 458 g/mol. The van der Waals surface area contributed by atoms with E-state index in [1.165, 1.54) is 24.0 Å². The van der Waals surface area contributed by atoms with Gasteiger partial charge in [-0.2, -0.15) is 0 Å². The molecule has 3 aliphatic heterocycles. The Bertz CT molecular complexity index is 1030. The fourth-order valence-corrected chi connectivity index (χ4v) is 5.87. The van der Waals surface area contributed by atoms with Crippen LogP contribution < -0.4 is 15.0 Å². The van der Waals surface area contributed by atoms with Crippen LogP contribution in [0.3, 0.4) is 0 Å². The lowest BCUT2D eigenvalue weighted by Gasteiger charge is -2.33. The maximum absolute atomic E-state index is 13.4. The first-order valence-electron chi connectivity index (χ1n) is 13.2. The number of anilines is 1. The summed E-state index contributed by atoms with van der Waals surface area (Å²) in [7, 11) is 0. The van der Waals surface area contributed by atoms with Crippen LogP contribution in [0.5, 0.6) is 5.75 Å². The van der Waals surface area contributed by atoms with E-state index in [9.17, 15) is 4.79 Å². The predicted octanol–water partition coefficient (Wildman–Crippen LogP) is 5.09. The van der Waals surface area contributed by atoms with Crippen LogP contribution >= 0.6 is 11.6 Å². The summed E-state index contributed by atoms with van der Waals surface area (Å²) in [4.78, 5) is 18.2. The van der Waals surface area contributed by atoms with Gasteiger partial charge in [-0.15, -0.1) is 0 Å². The Labute approximate surface area is 214 Å². The molecule has 188 valence electrons. The number of rotatable bonds is 7. The number of fused-ring (bicyclic) bond motifs is 1. The lowest BCUT2D eigenvalue weighted by atomic mass is 9.92. The third-order valence-corrected chi connectivity index (χ3v) is 8.02. The number of likely N-dealkylation sites (tertiary alicyclic amines) is 1. The van der Waals surface area contributed by atoms with Crippen LogP contribution in [0.25, 0.3) is 0 Å². The van der Waals surface area contributed by atoms with Crippen LogP contribution in [0.1, 0.15) is 50.7 Å². The summed E-state index contributed by atoms with van der Waals surface area (Å²) in [6.07, 6.45) is 6.32. The van der Waals surface area contributed by atoms with Gasteiger partial charge in [-0.05, 0) is 107 Å². The Morgan fingerprint density at radius 2 is 1.91 bits per heavy atom. The number of ether oxygens (including phenoxy) is 1. The summed E-state index contributed by atoms with van der Waals surface area (Å²) in [5.74, 6) is 1.22. The summed E-state index contributed by atoms with van der Waals surface area (Å²) in [6, 6.07) is 14.6. The van der Waals surface area contributed by atoms with Gasteiger partial charge in [-0.3, -0.25) is 4.79 Å². The molecule has 3 aliphatic rings. The number of amides is 1. The van der Waals surface area contributed by atoms with Crippen molar-refractivity contribution in [2.75, 3.05) is 37.6 Å². The van der Waals surface area contributed by atoms with Crippen molar-refractivity contribution in [2.24, 2.45) is 5.92 Å². The van der Waals surface area contributed by atoms with Crippen molar-refractivity contribution in [2.45, 2.75) is 64.0 Å². The second-order valence-electron chi connectivity index (χ2n) is 11.1. The second kappa shape index (κ2) is 10.4. The van der Waals surface area contributed by atoms with Crippen LogP contribution in [0.15, 0.2) is 42.5 Å². The molecule has 2 saturated heterocycles. The van der Waals surface area contributed by atoms with Gasteiger partial charge in [0.2, 0.25) is 5.91 Å². The second-order valence-corrected chi connectivity index (χ2v) is 11.6. The Morgan fingerprint density at radius 3 is 2.69 bits per heavy atom. The molecule has 0 bridgehead atoms. The number of aryl methyl sites for hydroxylation is 1. The highest BCUT2D eigenvalue weighted by Crippen LogP contribution is 2.34. The van der Waals surface area contributed by atoms with Gasteiger partial charge in [0.15, 0.2) is 0 Å². The molecule has 2 fully saturated rings. The highest BCUT2D eigenvalue weighted by molar-refractivity contribution is 6.30. The number of halogens is 1. The van der Waals surface area contributed by atoms with E-state index < -0.39 is 0 Å². The van der Waals surface area contributed by atoms with Crippen LogP contribution in [-0.2, 0) is 17.6 Å². The van der Waals surface area contributed by atoms with E-state index in [0.29, 0.717) is 0 Å². The molecule has 1 amide bonds. The van der Waals surface area contributed by atoms with Crippen LogP contribution in [-0.4, -0.2) is 55.2 Å². The summed E-state index contributed by atoms with van der Waals surface area (Å²) in [5, 5.41) is 4.19. The number of hydrogen-bond donors (Lipinski definition) is 1. The van der Waals surface area contributed by atoms with Gasteiger partial charge in [0.1, 0.15) is 11.4 Å². The molecule has 6 heteroatoms. The van der Waals surface area contributed by atoms with Crippen molar-refractivity contribution in [3.05, 3.63) is 58.6 Å². The first-order valence-corrected chi connectivity index (χ1v) is 13.6. The fraction of sp³-hybridized carbons (Fsp3) is 0.552. The van der Waals surface area contributed by atoms with Crippen molar-refractivity contribution in [1.29, 1.82) is 0 Å². The fourth-order valence-electron chi connectivity index (χ4n) is 5.74. The molecule has 0 aliphatic carbocycles. The number of nitrogens with zero attached hydrogens (tertiary/aromatic N) is 2. The Morgan fingerprint density at radius 1 is 1.14 bits per heavy atom. The number of carbonyl (C=O) groups is 1. The number of nitrogens with one attached hydrogen (secondary N) is 1. The molecule has 0 radical (unpaired) electrons. The van der Waals surface area contributed by atoms with Gasteiger partial charge < -0.3 is 19.9 Å². The molecule has 2 atom stereocenters.